The van der Waals surface area contributed by atoms with Crippen molar-refractivity contribution in [3.63, 3.8) is 0 Å². The number of aryl methyl sites for hydroxylation is 5. The predicted molar refractivity (Wildman–Crippen MR) is 369 cm³/mol. The number of nitrogens with one attached hydrogen (secondary N) is 3. The van der Waals surface area contributed by atoms with Crippen molar-refractivity contribution < 1.29 is 34.2 Å². The van der Waals surface area contributed by atoms with Crippen molar-refractivity contribution in [3.8, 4) is 40.2 Å². The summed E-state index contributed by atoms with van der Waals surface area (Å²) in [6.07, 6.45) is 28.5. The second-order valence-corrected chi connectivity index (χ2v) is 26.3. The maximum atomic E-state index is 15.3. The summed E-state index contributed by atoms with van der Waals surface area (Å²) in [5, 5.41) is 19.1. The maximum absolute atomic E-state index is 15.3. The van der Waals surface area contributed by atoms with Crippen LogP contribution in [0.1, 0.15) is 127 Å². The van der Waals surface area contributed by atoms with Gasteiger partial charge in [0.05, 0.1) is 64.1 Å². The molecule has 10 aromatic heterocycles. The molecule has 3 fully saturated rings. The minimum atomic E-state index is -0.476. The third kappa shape index (κ3) is 14.6. The number of benzene rings is 3. The Morgan fingerprint density at radius 2 is 1.04 bits per heavy atom. The molecule has 496 valence electrons. The standard InChI is InChI=1S/C27H24FN7O.C16H14FN3O.C11H11BrN4.C10H7BrFNO.C6H8N2.CH3.W/c1-16-11-18-19(12-23(16)33-14-22(29-15-33)17-8-9-17)27(36)35(13-20(18)28)24-7-4-5-21(30-24)26-32-31-25-6-2-3-10-34(25)26;1-9-4-11-12(16(21)18-6-13(11)17)5-15(9)20-7-14(19-8-20)10-2-3-10;12-9-5-3-4-8(13-9)11-15-14-10-6-1-2-7-16(10)11;1-5-2-6-7(3-8(5)11)10(14)13-4-9(6)12;1-2-5(1)6-3-7-4-8-6;;/h4-5,7,11-15,17H,2-3,6,8-10H2,1H3;4-8,10H,2-3H2,1H3,(H,18,21);3-5H,1-2,6-7H2;2-4H,1H3,(H,13,14);3-5H,1-2H2,(H,7,8);1H3;/q;;;;;-1;. The second-order valence-electron chi connectivity index (χ2n) is 24.7. The van der Waals surface area contributed by atoms with Crippen LogP contribution in [0, 0.1) is 45.6 Å². The molecule has 0 spiro atoms. The van der Waals surface area contributed by atoms with Crippen molar-refractivity contribution in [3.05, 3.63) is 239 Å². The van der Waals surface area contributed by atoms with Gasteiger partial charge in [0, 0.05) is 122 Å². The van der Waals surface area contributed by atoms with Crippen LogP contribution in [0.5, 0.6) is 0 Å². The van der Waals surface area contributed by atoms with E-state index in [2.05, 4.69) is 101 Å². The number of imidazole rings is 3. The summed E-state index contributed by atoms with van der Waals surface area (Å²) >= 11 is 6.68. The predicted octanol–water partition coefficient (Wildman–Crippen LogP) is 14.4. The number of halogens is 5. The Labute approximate surface area is 585 Å². The number of nitrogens with zero attached hydrogens (tertiary/aromatic N) is 14. The van der Waals surface area contributed by atoms with Crippen LogP contribution in [0.2, 0.25) is 0 Å². The SMILES string of the molecule is Brc1cccc(-c2nnc3n2CCCC3)n1.Cc1cc2c(F)c[nH]c(=O)c2cc1-n1cnc(C2CC2)c1.Cc1cc2c(F)c[nH]c(=O)c2cc1Br.Cc1cc2c(F)cn(-c3cccc(-c4nnc5n4CCCC5)n3)c(=O)c2cc1-n1cnc(C2CC2)c1.[CH3-].[W].c1ncc(C2CC2)[nH]1. The van der Waals surface area contributed by atoms with Gasteiger partial charge in [-0.05, 0) is 178 Å². The Kier molecular flexibility index (Phi) is 20.3. The molecule has 18 rings (SSSR count). The van der Waals surface area contributed by atoms with Crippen molar-refractivity contribution in [1.29, 1.82) is 0 Å². The summed E-state index contributed by atoms with van der Waals surface area (Å²) in [7, 11) is 0. The summed E-state index contributed by atoms with van der Waals surface area (Å²) in [5.41, 5.74) is 8.41. The maximum Gasteiger partial charge on any atom is 0.264 e. The van der Waals surface area contributed by atoms with Crippen LogP contribution in [0.4, 0.5) is 13.2 Å². The van der Waals surface area contributed by atoms with Crippen LogP contribution in [-0.2, 0) is 47.0 Å². The van der Waals surface area contributed by atoms with Crippen LogP contribution >= 0.6 is 31.9 Å². The van der Waals surface area contributed by atoms with Gasteiger partial charge >= 0.3 is 0 Å². The van der Waals surface area contributed by atoms with E-state index in [0.717, 1.165) is 142 Å². The number of hydrogen-bond donors (Lipinski definition) is 3. The van der Waals surface area contributed by atoms with Gasteiger partial charge in [0.25, 0.3) is 16.7 Å². The van der Waals surface area contributed by atoms with Gasteiger partial charge in [-0.2, -0.15) is 0 Å². The Hall–Kier alpha value is -9.06. The zero-order valence-corrected chi connectivity index (χ0v) is 59.6. The number of rotatable bonds is 8. The molecule has 0 atom stereocenters. The van der Waals surface area contributed by atoms with Gasteiger partial charge in [-0.15, -0.1) is 20.4 Å². The number of hydrogen-bond acceptors (Lipinski definition) is 12. The van der Waals surface area contributed by atoms with E-state index in [-0.39, 0.29) is 45.2 Å². The summed E-state index contributed by atoms with van der Waals surface area (Å²) in [5.74, 6) is 4.55. The number of aromatic nitrogens is 17. The van der Waals surface area contributed by atoms with E-state index in [9.17, 15) is 23.2 Å². The number of aromatic amines is 3. The second kappa shape index (κ2) is 28.9. The molecule has 0 saturated heterocycles. The van der Waals surface area contributed by atoms with Crippen molar-refractivity contribution in [2.24, 2.45) is 0 Å². The van der Waals surface area contributed by atoms with Gasteiger partial charge in [-0.3, -0.25) is 19.0 Å². The van der Waals surface area contributed by atoms with Crippen LogP contribution in [0.25, 0.3) is 72.5 Å². The molecule has 26 heteroatoms. The van der Waals surface area contributed by atoms with E-state index in [4.69, 9.17) is 0 Å². The molecule has 5 aliphatic rings. The van der Waals surface area contributed by atoms with Gasteiger partial charge in [0.15, 0.2) is 11.6 Å². The average molecular weight is 1610 g/mol. The van der Waals surface area contributed by atoms with Crippen LogP contribution in [0.15, 0.2) is 152 Å². The van der Waals surface area contributed by atoms with Crippen molar-refractivity contribution in [2.45, 2.75) is 129 Å². The quantitative estimate of drug-likeness (QED) is 0.0951. The molecule has 20 nitrogen and oxygen atoms in total. The first-order valence-electron chi connectivity index (χ1n) is 31.8. The fourth-order valence-electron chi connectivity index (χ4n) is 12.1. The Balaban J connectivity index is 0.000000125. The normalized spacial score (nSPS) is 14.5. The van der Waals surface area contributed by atoms with Crippen molar-refractivity contribution >= 4 is 64.2 Å². The van der Waals surface area contributed by atoms with Gasteiger partial charge < -0.3 is 40.6 Å². The number of fused-ring (bicyclic) bond motifs is 5. The topological polar surface area (TPSA) is 239 Å². The molecule has 0 amide bonds. The fraction of sp³-hybridized carbons (Fsp3) is 0.282. The monoisotopic (exact) mass is 1600 g/mol. The van der Waals surface area contributed by atoms with Gasteiger partial charge in [-0.1, -0.05) is 28.1 Å². The molecule has 97 heavy (non-hydrogen) atoms. The number of pyridine rings is 5. The first kappa shape index (κ1) is 67.9. The van der Waals surface area contributed by atoms with E-state index in [1.807, 2.05) is 78.8 Å². The largest absolute Gasteiger partial charge is 0.358 e. The van der Waals surface area contributed by atoms with Gasteiger partial charge in [-0.25, -0.2) is 38.1 Å². The summed E-state index contributed by atoms with van der Waals surface area (Å²) in [6.45, 7) is 7.52. The van der Waals surface area contributed by atoms with Crippen molar-refractivity contribution in [1.82, 2.24) is 83.1 Å². The minimum absolute atomic E-state index is 0. The average Bonchev–Trinajstić information content (AvgIpc) is 1.61. The van der Waals surface area contributed by atoms with Crippen LogP contribution < -0.4 is 16.7 Å². The van der Waals surface area contributed by atoms with Crippen molar-refractivity contribution in [2.75, 3.05) is 0 Å². The van der Waals surface area contributed by atoms with E-state index >= 15 is 4.39 Å². The molecule has 12 heterocycles. The van der Waals surface area contributed by atoms with Gasteiger partial charge in [0.2, 0.25) is 0 Å². The Morgan fingerprint density at radius 1 is 0.536 bits per heavy atom. The molecule has 2 aliphatic heterocycles. The third-order valence-corrected chi connectivity index (χ3v) is 19.0. The minimum Gasteiger partial charge on any atom is -0.358 e. The molecule has 3 N–H and O–H groups in total. The van der Waals surface area contributed by atoms with E-state index in [0.29, 0.717) is 61.5 Å². The Morgan fingerprint density at radius 3 is 1.57 bits per heavy atom. The molecular formula is C71H67Br2F3N17O3W-. The Bertz CT molecular complexity index is 5240. The molecule has 3 aromatic carbocycles. The fourth-order valence-corrected chi connectivity index (χ4v) is 12.8. The summed E-state index contributed by atoms with van der Waals surface area (Å²) in [4.78, 5) is 66.7. The zero-order valence-electron chi connectivity index (χ0n) is 53.5. The molecule has 3 saturated carbocycles. The first-order chi connectivity index (χ1) is 46.1. The van der Waals surface area contributed by atoms with E-state index in [1.54, 1.807) is 61.4 Å². The number of H-pyrrole nitrogens is 3. The molecule has 3 aliphatic carbocycles. The molecule has 0 bridgehead atoms. The van der Waals surface area contributed by atoms with E-state index in [1.165, 1.54) is 55.0 Å². The van der Waals surface area contributed by atoms with Crippen LogP contribution in [0.3, 0.4) is 0 Å². The smallest absolute Gasteiger partial charge is 0.264 e. The molecular weight excluding hydrogens is 1540 g/mol. The molecule has 0 unspecified atom stereocenters. The third-order valence-electron chi connectivity index (χ3n) is 17.7. The zero-order chi connectivity index (χ0) is 65.6. The van der Waals surface area contributed by atoms with Crippen LogP contribution in [-0.4, -0.2) is 83.1 Å². The van der Waals surface area contributed by atoms with E-state index < -0.39 is 17.5 Å². The molecule has 0 radical (unpaired) electrons. The molecule has 13 aromatic rings. The first-order valence-corrected chi connectivity index (χ1v) is 33.3. The summed E-state index contributed by atoms with van der Waals surface area (Å²) < 4.78 is 53.4. The van der Waals surface area contributed by atoms with Gasteiger partial charge in [0.1, 0.15) is 50.9 Å². The summed E-state index contributed by atoms with van der Waals surface area (Å²) in [6, 6.07) is 21.4.